The lowest BCUT2D eigenvalue weighted by Gasteiger charge is -2.22. The lowest BCUT2D eigenvalue weighted by Crippen LogP contribution is -2.29. The quantitative estimate of drug-likeness (QED) is 0.659. The number of nitrogens with zero attached hydrogens (tertiary/aromatic N) is 2. The normalized spacial score (nSPS) is 15.3. The summed E-state index contributed by atoms with van der Waals surface area (Å²) in [5.74, 6) is -0.385. The van der Waals surface area contributed by atoms with Crippen molar-refractivity contribution >= 4 is 34.0 Å². The number of H-pyrrole nitrogens is 1. The van der Waals surface area contributed by atoms with Crippen LogP contribution in [0.3, 0.4) is 0 Å². The van der Waals surface area contributed by atoms with E-state index in [9.17, 15) is 9.59 Å². The van der Waals surface area contributed by atoms with E-state index in [4.69, 9.17) is 11.6 Å². The first-order valence-electron chi connectivity index (χ1n) is 8.49. The van der Waals surface area contributed by atoms with Crippen LogP contribution in [0, 0.1) is 0 Å². The minimum Gasteiger partial charge on any atom is -0.318 e. The summed E-state index contributed by atoms with van der Waals surface area (Å²) in [6.07, 6.45) is 5.47. The Balaban J connectivity index is 1.55. The fraction of sp³-hybridized carbons (Fsp3) is 0.278. The summed E-state index contributed by atoms with van der Waals surface area (Å²) in [6, 6.07) is 6.97. The van der Waals surface area contributed by atoms with Gasteiger partial charge >= 0.3 is 0 Å². The predicted octanol–water partition coefficient (Wildman–Crippen LogP) is 2.55. The molecule has 0 radical (unpaired) electrons. The Morgan fingerprint density at radius 2 is 2.08 bits per heavy atom. The number of carbonyl (C=O) groups excluding carboxylic acids is 1. The van der Waals surface area contributed by atoms with Crippen LogP contribution in [0.25, 0.3) is 10.8 Å². The Kier molecular flexibility index (Phi) is 4.48. The molecule has 1 aromatic carbocycles. The van der Waals surface area contributed by atoms with Crippen LogP contribution in [0.5, 0.6) is 0 Å². The number of nitrogens with one attached hydrogen (secondary N) is 3. The van der Waals surface area contributed by atoms with E-state index in [1.165, 1.54) is 0 Å². The van der Waals surface area contributed by atoms with Crippen LogP contribution >= 0.6 is 11.6 Å². The average Bonchev–Trinajstić information content (AvgIpc) is 3.11. The topological polar surface area (TPSA) is 91.8 Å². The molecule has 134 valence electrons. The molecule has 1 saturated heterocycles. The number of aromatic amines is 1. The highest BCUT2D eigenvalue weighted by Crippen LogP contribution is 2.20. The van der Waals surface area contributed by atoms with Crippen LogP contribution in [0.4, 0.5) is 5.69 Å². The van der Waals surface area contributed by atoms with Gasteiger partial charge in [0.1, 0.15) is 5.69 Å². The molecule has 8 heteroatoms. The monoisotopic (exact) mass is 371 g/mol. The molecule has 4 rings (SSSR count). The van der Waals surface area contributed by atoms with Crippen molar-refractivity contribution in [2.45, 2.75) is 18.9 Å². The van der Waals surface area contributed by atoms with Crippen molar-refractivity contribution in [3.8, 4) is 0 Å². The third-order valence-corrected chi connectivity index (χ3v) is 4.83. The van der Waals surface area contributed by atoms with Gasteiger partial charge in [-0.15, -0.1) is 0 Å². The van der Waals surface area contributed by atoms with Gasteiger partial charge in [-0.25, -0.2) is 0 Å². The zero-order valence-electron chi connectivity index (χ0n) is 14.0. The molecule has 0 aliphatic carbocycles. The summed E-state index contributed by atoms with van der Waals surface area (Å²) in [4.78, 5) is 27.3. The fourth-order valence-corrected chi connectivity index (χ4v) is 3.40. The van der Waals surface area contributed by atoms with E-state index in [1.54, 1.807) is 30.5 Å². The number of rotatable bonds is 3. The third-order valence-electron chi connectivity index (χ3n) is 4.59. The van der Waals surface area contributed by atoms with Crippen molar-refractivity contribution in [1.82, 2.24) is 20.1 Å². The van der Waals surface area contributed by atoms with Gasteiger partial charge in [0.05, 0.1) is 17.9 Å². The molecule has 0 spiro atoms. The van der Waals surface area contributed by atoms with E-state index in [2.05, 4.69) is 20.7 Å². The van der Waals surface area contributed by atoms with Gasteiger partial charge in [-0.2, -0.15) is 5.10 Å². The molecule has 0 atom stereocenters. The number of fused-ring (bicyclic) bond motifs is 1. The number of piperidine rings is 1. The van der Waals surface area contributed by atoms with Gasteiger partial charge in [-0.05, 0) is 49.5 Å². The summed E-state index contributed by atoms with van der Waals surface area (Å²) in [5.41, 5.74) is 0.450. The van der Waals surface area contributed by atoms with E-state index < -0.39 is 0 Å². The standard InChI is InChI=1S/C18H18ClN5O2/c19-12-2-1-11-7-16(23-17(25)15(11)8-12)18(26)22-13-9-21-24(10-13)14-3-5-20-6-4-14/h1-2,7-10,14,20H,3-6H2,(H,22,26)(H,23,25). The van der Waals surface area contributed by atoms with Crippen molar-refractivity contribution in [2.24, 2.45) is 0 Å². The molecule has 1 fully saturated rings. The highest BCUT2D eigenvalue weighted by atomic mass is 35.5. The Bertz CT molecular complexity index is 1020. The van der Waals surface area contributed by atoms with Crippen LogP contribution in [0.15, 0.2) is 41.5 Å². The molecule has 2 aromatic heterocycles. The summed E-state index contributed by atoms with van der Waals surface area (Å²) in [6.45, 7) is 1.93. The number of halogens is 1. The lowest BCUT2D eigenvalue weighted by molar-refractivity contribution is 0.102. The first-order chi connectivity index (χ1) is 12.6. The smallest absolute Gasteiger partial charge is 0.272 e. The second-order valence-corrected chi connectivity index (χ2v) is 6.82. The van der Waals surface area contributed by atoms with E-state index in [0.29, 0.717) is 27.5 Å². The molecule has 1 aliphatic heterocycles. The van der Waals surface area contributed by atoms with E-state index in [-0.39, 0.29) is 17.2 Å². The highest BCUT2D eigenvalue weighted by molar-refractivity contribution is 6.31. The fourth-order valence-electron chi connectivity index (χ4n) is 3.23. The number of amides is 1. The van der Waals surface area contributed by atoms with Gasteiger partial charge in [-0.1, -0.05) is 17.7 Å². The maximum Gasteiger partial charge on any atom is 0.272 e. The molecule has 0 unspecified atom stereocenters. The first-order valence-corrected chi connectivity index (χ1v) is 8.87. The molecule has 3 heterocycles. The van der Waals surface area contributed by atoms with E-state index in [1.807, 2.05) is 10.9 Å². The van der Waals surface area contributed by atoms with Gasteiger partial charge in [0, 0.05) is 16.6 Å². The molecule has 1 aliphatic rings. The Labute approximate surface area is 154 Å². The molecule has 26 heavy (non-hydrogen) atoms. The number of hydrogen-bond donors (Lipinski definition) is 3. The molecule has 1 amide bonds. The zero-order valence-corrected chi connectivity index (χ0v) is 14.7. The molecule has 3 aromatic rings. The van der Waals surface area contributed by atoms with Crippen molar-refractivity contribution < 1.29 is 4.79 Å². The van der Waals surface area contributed by atoms with Gasteiger partial charge < -0.3 is 15.6 Å². The number of benzene rings is 1. The van der Waals surface area contributed by atoms with E-state index >= 15 is 0 Å². The van der Waals surface area contributed by atoms with Crippen LogP contribution in [-0.2, 0) is 0 Å². The summed E-state index contributed by atoms with van der Waals surface area (Å²) in [5, 5.41) is 12.0. The molecule has 0 saturated carbocycles. The SMILES string of the molecule is O=C(Nc1cnn(C2CCNCC2)c1)c1cc2ccc(Cl)cc2c(=O)[nH]1. The van der Waals surface area contributed by atoms with Gasteiger partial charge in [0.15, 0.2) is 0 Å². The zero-order chi connectivity index (χ0) is 18.1. The largest absolute Gasteiger partial charge is 0.318 e. The molecule has 0 bridgehead atoms. The van der Waals surface area contributed by atoms with Crippen LogP contribution < -0.4 is 16.2 Å². The van der Waals surface area contributed by atoms with Gasteiger partial charge in [-0.3, -0.25) is 14.3 Å². The van der Waals surface area contributed by atoms with E-state index in [0.717, 1.165) is 25.9 Å². The number of aromatic nitrogens is 3. The maximum absolute atomic E-state index is 12.5. The Morgan fingerprint density at radius 1 is 1.27 bits per heavy atom. The molecular weight excluding hydrogens is 354 g/mol. The third kappa shape index (κ3) is 3.36. The molecular formula is C18H18ClN5O2. The van der Waals surface area contributed by atoms with Crippen molar-refractivity contribution in [3.63, 3.8) is 0 Å². The second kappa shape index (κ2) is 6.93. The van der Waals surface area contributed by atoms with Crippen LogP contribution in [0.1, 0.15) is 29.4 Å². The number of anilines is 1. The Hall–Kier alpha value is -2.64. The first kappa shape index (κ1) is 16.8. The summed E-state index contributed by atoms with van der Waals surface area (Å²) < 4.78 is 1.89. The molecule has 7 nitrogen and oxygen atoms in total. The minimum atomic E-state index is -0.385. The summed E-state index contributed by atoms with van der Waals surface area (Å²) in [7, 11) is 0. The van der Waals surface area contributed by atoms with Gasteiger partial charge in [0.25, 0.3) is 11.5 Å². The predicted molar refractivity (Wildman–Crippen MR) is 101 cm³/mol. The lowest BCUT2D eigenvalue weighted by atomic mass is 10.1. The van der Waals surface area contributed by atoms with Crippen molar-refractivity contribution in [2.75, 3.05) is 18.4 Å². The van der Waals surface area contributed by atoms with Crippen molar-refractivity contribution in [1.29, 1.82) is 0 Å². The highest BCUT2D eigenvalue weighted by Gasteiger charge is 2.17. The van der Waals surface area contributed by atoms with Crippen molar-refractivity contribution in [3.05, 3.63) is 57.7 Å². The minimum absolute atomic E-state index is 0.194. The second-order valence-electron chi connectivity index (χ2n) is 6.39. The van der Waals surface area contributed by atoms with Gasteiger partial charge in [0.2, 0.25) is 0 Å². The maximum atomic E-state index is 12.5. The van der Waals surface area contributed by atoms with Crippen LogP contribution in [-0.4, -0.2) is 33.8 Å². The summed E-state index contributed by atoms with van der Waals surface area (Å²) >= 11 is 5.92. The Morgan fingerprint density at radius 3 is 2.88 bits per heavy atom. The number of carbonyl (C=O) groups is 1. The number of pyridine rings is 1. The van der Waals surface area contributed by atoms with Crippen LogP contribution in [0.2, 0.25) is 5.02 Å². The molecule has 3 N–H and O–H groups in total. The number of hydrogen-bond acceptors (Lipinski definition) is 4. The average molecular weight is 372 g/mol.